The smallest absolute Gasteiger partial charge is 0.226 e. The summed E-state index contributed by atoms with van der Waals surface area (Å²) in [4.78, 5) is 15.2. The maximum Gasteiger partial charge on any atom is 0.226 e. The van der Waals surface area contributed by atoms with Gasteiger partial charge >= 0.3 is 0 Å². The molecule has 0 unspecified atom stereocenters. The molecule has 0 bridgehead atoms. The molecule has 0 fully saturated rings. The second kappa shape index (κ2) is 6.03. The third-order valence-corrected chi connectivity index (χ3v) is 2.54. The Morgan fingerprint density at radius 1 is 1.58 bits per heavy atom. The summed E-state index contributed by atoms with van der Waals surface area (Å²) < 4.78 is 0. The summed E-state index contributed by atoms with van der Waals surface area (Å²) in [6.45, 7) is 2.47. The Labute approximate surface area is 115 Å². The highest BCUT2D eigenvalue weighted by Gasteiger charge is 2.08. The van der Waals surface area contributed by atoms with E-state index in [0.717, 1.165) is 5.57 Å². The van der Waals surface area contributed by atoms with Crippen LogP contribution in [0.2, 0.25) is 5.28 Å². The van der Waals surface area contributed by atoms with Crippen molar-refractivity contribution in [1.29, 1.82) is 0 Å². The molecule has 2 heterocycles. The van der Waals surface area contributed by atoms with Crippen molar-refractivity contribution in [2.75, 3.05) is 11.9 Å². The lowest BCUT2D eigenvalue weighted by Gasteiger charge is -2.06. The molecule has 5 nitrogen and oxygen atoms in total. The second-order valence-corrected chi connectivity index (χ2v) is 4.02. The van der Waals surface area contributed by atoms with Gasteiger partial charge in [0.1, 0.15) is 5.52 Å². The van der Waals surface area contributed by atoms with Gasteiger partial charge < -0.3 is 10.3 Å². The summed E-state index contributed by atoms with van der Waals surface area (Å²) in [6, 6.07) is 0. The third kappa shape index (κ3) is 3.12. The summed E-state index contributed by atoms with van der Waals surface area (Å²) in [5.41, 5.74) is 2.20. The Balaban J connectivity index is 2.24. The van der Waals surface area contributed by atoms with Gasteiger partial charge in [-0.2, -0.15) is 9.97 Å². The van der Waals surface area contributed by atoms with Crippen molar-refractivity contribution in [2.24, 2.45) is 0 Å². The van der Waals surface area contributed by atoms with Crippen molar-refractivity contribution in [3.63, 3.8) is 0 Å². The summed E-state index contributed by atoms with van der Waals surface area (Å²) in [5.74, 6) is 3.10. The third-order valence-electron chi connectivity index (χ3n) is 2.37. The summed E-state index contributed by atoms with van der Waals surface area (Å²) in [7, 11) is 0. The van der Waals surface area contributed by atoms with E-state index in [2.05, 4.69) is 31.2 Å². The Bertz CT molecular complexity index is 678. The molecule has 0 aliphatic heterocycles. The van der Waals surface area contributed by atoms with E-state index in [9.17, 15) is 0 Å². The lowest BCUT2D eigenvalue weighted by atomic mass is 10.2. The number of imidazole rings is 1. The minimum atomic E-state index is 0.149. The molecule has 2 N–H and O–H groups in total. The number of anilines is 1. The highest BCUT2D eigenvalue weighted by molar-refractivity contribution is 6.28. The zero-order valence-corrected chi connectivity index (χ0v) is 11.1. The minimum Gasteiger partial charge on any atom is -0.364 e. The predicted octanol–water partition coefficient (Wildman–Crippen LogP) is 2.55. The van der Waals surface area contributed by atoms with Crippen LogP contribution in [0.3, 0.4) is 0 Å². The standard InChI is InChI=1S/C13H12ClN5/c1-3-5-9(6-4-2)7-15-11-10-12(17-8-16-10)19-13(14)18-11/h1,4-6,8H,7H2,2H3,(H2,15,16,17,18,19)/b6-4-,9-5+. The van der Waals surface area contributed by atoms with Gasteiger partial charge in [-0.25, -0.2) is 4.98 Å². The van der Waals surface area contributed by atoms with Crippen LogP contribution in [-0.4, -0.2) is 26.5 Å². The summed E-state index contributed by atoms with van der Waals surface area (Å²) in [6.07, 6.45) is 12.4. The monoisotopic (exact) mass is 273 g/mol. The summed E-state index contributed by atoms with van der Waals surface area (Å²) in [5, 5.41) is 3.31. The van der Waals surface area contributed by atoms with Gasteiger partial charge in [-0.3, -0.25) is 0 Å². The van der Waals surface area contributed by atoms with E-state index in [1.807, 2.05) is 19.1 Å². The molecule has 0 radical (unpaired) electrons. The van der Waals surface area contributed by atoms with E-state index in [0.29, 0.717) is 23.5 Å². The fraction of sp³-hybridized carbons (Fsp3) is 0.154. The molecule has 0 aliphatic carbocycles. The first-order valence-electron chi connectivity index (χ1n) is 5.63. The number of fused-ring (bicyclic) bond motifs is 1. The Morgan fingerprint density at radius 2 is 2.42 bits per heavy atom. The number of allylic oxidation sites excluding steroid dienone is 2. The quantitative estimate of drug-likeness (QED) is 0.510. The molecule has 19 heavy (non-hydrogen) atoms. The van der Waals surface area contributed by atoms with Gasteiger partial charge in [-0.1, -0.05) is 18.1 Å². The molecular weight excluding hydrogens is 262 g/mol. The number of hydrogen-bond acceptors (Lipinski definition) is 4. The van der Waals surface area contributed by atoms with Crippen LogP contribution in [0.15, 0.2) is 30.1 Å². The SMILES string of the molecule is C#C/C=C(\C=C/C)CNc1nc(Cl)nc2nc[nH]c12. The van der Waals surface area contributed by atoms with Gasteiger partial charge in [-0.15, -0.1) is 6.42 Å². The lowest BCUT2D eigenvalue weighted by molar-refractivity contribution is 1.15. The lowest BCUT2D eigenvalue weighted by Crippen LogP contribution is -2.06. The normalized spacial score (nSPS) is 11.9. The maximum absolute atomic E-state index is 5.84. The predicted molar refractivity (Wildman–Crippen MR) is 76.9 cm³/mol. The van der Waals surface area contributed by atoms with Crippen molar-refractivity contribution < 1.29 is 0 Å². The van der Waals surface area contributed by atoms with Crippen LogP contribution in [0.25, 0.3) is 11.2 Å². The average Bonchev–Trinajstić information content (AvgIpc) is 2.84. The number of H-pyrrole nitrogens is 1. The molecule has 0 saturated heterocycles. The van der Waals surface area contributed by atoms with Gasteiger partial charge in [0.15, 0.2) is 11.5 Å². The highest BCUT2D eigenvalue weighted by atomic mass is 35.5. The molecule has 0 aromatic carbocycles. The van der Waals surface area contributed by atoms with Crippen molar-refractivity contribution in [3.05, 3.63) is 35.4 Å². The molecule has 0 saturated carbocycles. The fourth-order valence-corrected chi connectivity index (χ4v) is 1.76. The van der Waals surface area contributed by atoms with E-state index in [1.54, 1.807) is 12.4 Å². The van der Waals surface area contributed by atoms with Crippen molar-refractivity contribution >= 4 is 28.6 Å². The topological polar surface area (TPSA) is 66.5 Å². The molecule has 2 aromatic rings. The number of rotatable bonds is 4. The molecule has 0 atom stereocenters. The van der Waals surface area contributed by atoms with Gasteiger partial charge in [-0.05, 0) is 30.2 Å². The maximum atomic E-state index is 5.84. The van der Waals surface area contributed by atoms with Crippen LogP contribution in [0.5, 0.6) is 0 Å². The number of aromatic nitrogens is 4. The Hall–Kier alpha value is -2.32. The molecule has 0 spiro atoms. The van der Waals surface area contributed by atoms with Crippen molar-refractivity contribution in [1.82, 2.24) is 19.9 Å². The number of nitrogens with zero attached hydrogens (tertiary/aromatic N) is 3. The molecule has 6 heteroatoms. The van der Waals surface area contributed by atoms with Crippen LogP contribution >= 0.6 is 11.6 Å². The second-order valence-electron chi connectivity index (χ2n) is 3.68. The number of hydrogen-bond donors (Lipinski definition) is 2. The van der Waals surface area contributed by atoms with Crippen LogP contribution in [0.4, 0.5) is 5.82 Å². The van der Waals surface area contributed by atoms with Crippen molar-refractivity contribution in [3.8, 4) is 12.3 Å². The molecule has 96 valence electrons. The first-order chi connectivity index (χ1) is 9.24. The Kier molecular flexibility index (Phi) is 4.16. The molecule has 0 amide bonds. The van der Waals surface area contributed by atoms with Crippen LogP contribution in [-0.2, 0) is 0 Å². The summed E-state index contributed by atoms with van der Waals surface area (Å²) >= 11 is 5.84. The first kappa shape index (κ1) is 13.1. The van der Waals surface area contributed by atoms with Gasteiger partial charge in [0.2, 0.25) is 5.28 Å². The van der Waals surface area contributed by atoms with Crippen LogP contribution < -0.4 is 5.32 Å². The first-order valence-corrected chi connectivity index (χ1v) is 6.00. The highest BCUT2D eigenvalue weighted by Crippen LogP contribution is 2.18. The van der Waals surface area contributed by atoms with E-state index in [1.165, 1.54) is 0 Å². The molecule has 0 aliphatic rings. The molecular formula is C13H12ClN5. The van der Waals surface area contributed by atoms with E-state index in [-0.39, 0.29) is 5.28 Å². The Morgan fingerprint density at radius 3 is 3.16 bits per heavy atom. The molecule has 2 rings (SSSR count). The number of aromatic amines is 1. The van der Waals surface area contributed by atoms with E-state index >= 15 is 0 Å². The van der Waals surface area contributed by atoms with Crippen LogP contribution in [0.1, 0.15) is 6.92 Å². The van der Waals surface area contributed by atoms with Gasteiger partial charge in [0.25, 0.3) is 0 Å². The van der Waals surface area contributed by atoms with Gasteiger partial charge in [0.05, 0.1) is 6.33 Å². The van der Waals surface area contributed by atoms with Gasteiger partial charge in [0, 0.05) is 6.54 Å². The largest absolute Gasteiger partial charge is 0.364 e. The molecule has 2 aromatic heterocycles. The van der Waals surface area contributed by atoms with E-state index < -0.39 is 0 Å². The number of halogens is 1. The fourth-order valence-electron chi connectivity index (χ4n) is 1.60. The zero-order valence-electron chi connectivity index (χ0n) is 10.3. The number of terminal acetylenes is 1. The van der Waals surface area contributed by atoms with Crippen LogP contribution in [0, 0.1) is 12.3 Å². The minimum absolute atomic E-state index is 0.149. The zero-order chi connectivity index (χ0) is 13.7. The van der Waals surface area contributed by atoms with E-state index in [4.69, 9.17) is 18.0 Å². The van der Waals surface area contributed by atoms with Crippen molar-refractivity contribution in [2.45, 2.75) is 6.92 Å². The number of nitrogens with one attached hydrogen (secondary N) is 2. The average molecular weight is 274 g/mol.